The van der Waals surface area contributed by atoms with E-state index >= 15 is 0 Å². The van der Waals surface area contributed by atoms with Gasteiger partial charge < -0.3 is 10.6 Å². The Morgan fingerprint density at radius 1 is 1.40 bits per heavy atom. The number of nitrogens with zero attached hydrogens (tertiary/aromatic N) is 1. The summed E-state index contributed by atoms with van der Waals surface area (Å²) in [6.07, 6.45) is 0.843. The van der Waals surface area contributed by atoms with Crippen molar-refractivity contribution in [2.45, 2.75) is 12.8 Å². The highest BCUT2D eigenvalue weighted by Crippen LogP contribution is 2.28. The van der Waals surface area contributed by atoms with Gasteiger partial charge >= 0.3 is 0 Å². The molecule has 0 atom stereocenters. The van der Waals surface area contributed by atoms with Crippen molar-refractivity contribution in [1.82, 2.24) is 4.98 Å². The van der Waals surface area contributed by atoms with E-state index in [-0.39, 0.29) is 17.3 Å². The maximum absolute atomic E-state index is 13.9. The molecule has 0 radical (unpaired) electrons. The number of hydrogen-bond donors (Lipinski definition) is 2. The van der Waals surface area contributed by atoms with Crippen molar-refractivity contribution in [1.29, 1.82) is 0 Å². The lowest BCUT2D eigenvalue weighted by atomic mass is 10.0. The van der Waals surface area contributed by atoms with E-state index < -0.39 is 11.7 Å². The number of amides is 2. The average Bonchev–Trinajstić information content (AvgIpc) is 2.94. The first-order valence-corrected chi connectivity index (χ1v) is 6.89. The van der Waals surface area contributed by atoms with E-state index in [1.165, 1.54) is 29.0 Å². The summed E-state index contributed by atoms with van der Waals surface area (Å²) in [6, 6.07) is 2.78. The van der Waals surface area contributed by atoms with E-state index in [1.807, 2.05) is 0 Å². The monoisotopic (exact) mass is 291 g/mol. The lowest BCUT2D eigenvalue weighted by molar-refractivity contribution is -0.116. The molecule has 1 aromatic carbocycles. The predicted molar refractivity (Wildman–Crippen MR) is 73.4 cm³/mol. The highest BCUT2D eigenvalue weighted by molar-refractivity contribution is 7.07. The zero-order chi connectivity index (χ0) is 14.1. The number of aromatic nitrogens is 1. The van der Waals surface area contributed by atoms with Crippen LogP contribution in [0.2, 0.25) is 0 Å². The number of rotatable bonds is 2. The molecule has 0 saturated heterocycles. The third-order valence-corrected chi connectivity index (χ3v) is 3.59. The highest BCUT2D eigenvalue weighted by Gasteiger charge is 2.19. The summed E-state index contributed by atoms with van der Waals surface area (Å²) in [5.74, 6) is -1.11. The molecule has 0 spiro atoms. The zero-order valence-corrected chi connectivity index (χ0v) is 11.1. The van der Waals surface area contributed by atoms with Gasteiger partial charge in [0.2, 0.25) is 5.91 Å². The van der Waals surface area contributed by atoms with E-state index in [0.29, 0.717) is 18.5 Å². The van der Waals surface area contributed by atoms with E-state index in [2.05, 4.69) is 15.6 Å². The number of thiazole rings is 1. The third-order valence-electron chi connectivity index (χ3n) is 3.00. The molecule has 5 nitrogen and oxygen atoms in total. The number of carbonyl (C=O) groups is 2. The molecule has 2 N–H and O–H groups in total. The van der Waals surface area contributed by atoms with Gasteiger partial charge in [-0.3, -0.25) is 9.59 Å². The Kier molecular flexibility index (Phi) is 3.19. The molecule has 0 saturated carbocycles. The fourth-order valence-corrected chi connectivity index (χ4v) is 2.54. The molecule has 1 aromatic heterocycles. The van der Waals surface area contributed by atoms with Crippen molar-refractivity contribution in [3.63, 3.8) is 0 Å². The maximum atomic E-state index is 13.9. The van der Waals surface area contributed by atoms with Crippen molar-refractivity contribution in [2.24, 2.45) is 0 Å². The molecule has 1 aliphatic heterocycles. The first-order valence-electron chi connectivity index (χ1n) is 5.95. The fourth-order valence-electron chi connectivity index (χ4n) is 2.01. The van der Waals surface area contributed by atoms with Crippen LogP contribution in [0, 0.1) is 5.82 Å². The summed E-state index contributed by atoms with van der Waals surface area (Å²) in [5, 5.41) is 6.70. The Bertz CT molecular complexity index is 685. The van der Waals surface area contributed by atoms with E-state index in [1.54, 1.807) is 5.38 Å². The minimum atomic E-state index is -0.525. The summed E-state index contributed by atoms with van der Waals surface area (Å²) in [4.78, 5) is 27.0. The molecule has 3 rings (SSSR count). The number of fused-ring (bicyclic) bond motifs is 1. The van der Waals surface area contributed by atoms with Gasteiger partial charge in [-0.1, -0.05) is 0 Å². The smallest absolute Gasteiger partial charge is 0.275 e. The molecule has 1 aliphatic rings. The molecule has 0 aliphatic carbocycles. The van der Waals surface area contributed by atoms with Crippen LogP contribution in [0.3, 0.4) is 0 Å². The van der Waals surface area contributed by atoms with Crippen LogP contribution in [0.1, 0.15) is 22.5 Å². The van der Waals surface area contributed by atoms with Crippen molar-refractivity contribution < 1.29 is 14.0 Å². The standard InChI is InChI=1S/C13H10FN3O2S/c14-8-3-7-1-2-12(18)16-9(7)4-10(8)17-13(19)11-5-20-6-15-11/h3-6H,1-2H2,(H,16,18)(H,17,19). The number of hydrogen-bond acceptors (Lipinski definition) is 4. The molecule has 0 bridgehead atoms. The molecular weight excluding hydrogens is 281 g/mol. The normalized spacial score (nSPS) is 13.6. The van der Waals surface area contributed by atoms with Gasteiger partial charge in [-0.25, -0.2) is 9.37 Å². The molecule has 0 fully saturated rings. The Morgan fingerprint density at radius 2 is 2.25 bits per heavy atom. The lowest BCUT2D eigenvalue weighted by Gasteiger charge is -2.18. The second-order valence-corrected chi connectivity index (χ2v) is 5.08. The molecule has 2 heterocycles. The number of benzene rings is 1. The van der Waals surface area contributed by atoms with E-state index in [4.69, 9.17) is 0 Å². The zero-order valence-electron chi connectivity index (χ0n) is 10.3. The van der Waals surface area contributed by atoms with Crippen LogP contribution in [0.5, 0.6) is 0 Å². The quantitative estimate of drug-likeness (QED) is 0.892. The van der Waals surface area contributed by atoms with Gasteiger partial charge in [-0.15, -0.1) is 11.3 Å². The Morgan fingerprint density at radius 3 is 3.00 bits per heavy atom. The molecule has 20 heavy (non-hydrogen) atoms. The minimum Gasteiger partial charge on any atom is -0.326 e. The molecule has 7 heteroatoms. The number of halogens is 1. The predicted octanol–water partition coefficient (Wildman–Crippen LogP) is 2.42. The van der Waals surface area contributed by atoms with Gasteiger partial charge in [0.25, 0.3) is 5.91 Å². The van der Waals surface area contributed by atoms with Crippen molar-refractivity contribution in [2.75, 3.05) is 10.6 Å². The van der Waals surface area contributed by atoms with Crippen molar-refractivity contribution >= 4 is 34.5 Å². The van der Waals surface area contributed by atoms with Crippen LogP contribution in [-0.2, 0) is 11.2 Å². The molecule has 102 valence electrons. The van der Waals surface area contributed by atoms with Crippen LogP contribution >= 0.6 is 11.3 Å². The maximum Gasteiger partial charge on any atom is 0.275 e. The average molecular weight is 291 g/mol. The third kappa shape index (κ3) is 2.39. The van der Waals surface area contributed by atoms with Gasteiger partial charge in [0.1, 0.15) is 11.5 Å². The number of aryl methyl sites for hydroxylation is 1. The van der Waals surface area contributed by atoms with Crippen molar-refractivity contribution in [3.8, 4) is 0 Å². The molecule has 0 unspecified atom stereocenters. The number of anilines is 2. The molecular formula is C13H10FN3O2S. The fraction of sp³-hybridized carbons (Fsp3) is 0.154. The van der Waals surface area contributed by atoms with Crippen LogP contribution in [0.4, 0.5) is 15.8 Å². The van der Waals surface area contributed by atoms with Crippen molar-refractivity contribution in [3.05, 3.63) is 40.1 Å². The van der Waals surface area contributed by atoms with Gasteiger partial charge in [-0.05, 0) is 24.1 Å². The second kappa shape index (κ2) is 5.01. The van der Waals surface area contributed by atoms with E-state index in [0.717, 1.165) is 5.56 Å². The lowest BCUT2D eigenvalue weighted by Crippen LogP contribution is -2.20. The first-order chi connectivity index (χ1) is 9.63. The van der Waals surface area contributed by atoms with E-state index in [9.17, 15) is 14.0 Å². The Hall–Kier alpha value is -2.28. The van der Waals surface area contributed by atoms with Crippen LogP contribution in [0.15, 0.2) is 23.0 Å². The van der Waals surface area contributed by atoms with Gasteiger partial charge in [-0.2, -0.15) is 0 Å². The topological polar surface area (TPSA) is 71.1 Å². The van der Waals surface area contributed by atoms with Gasteiger partial charge in [0, 0.05) is 17.5 Å². The number of carbonyl (C=O) groups excluding carboxylic acids is 2. The van der Waals surface area contributed by atoms with Gasteiger partial charge in [0.15, 0.2) is 0 Å². The van der Waals surface area contributed by atoms with Crippen LogP contribution in [0.25, 0.3) is 0 Å². The summed E-state index contributed by atoms with van der Waals surface area (Å²) >= 11 is 1.28. The Labute approximate surface area is 117 Å². The summed E-state index contributed by atoms with van der Waals surface area (Å²) in [5.41, 5.74) is 3.06. The summed E-state index contributed by atoms with van der Waals surface area (Å²) < 4.78 is 13.9. The highest BCUT2D eigenvalue weighted by atomic mass is 32.1. The molecule has 2 aromatic rings. The molecule has 2 amide bonds. The largest absolute Gasteiger partial charge is 0.326 e. The Balaban J connectivity index is 1.88. The van der Waals surface area contributed by atoms with Crippen LogP contribution < -0.4 is 10.6 Å². The summed E-state index contributed by atoms with van der Waals surface area (Å²) in [6.45, 7) is 0. The SMILES string of the molecule is O=C1CCc2cc(F)c(NC(=O)c3cscn3)cc2N1. The minimum absolute atomic E-state index is 0.0314. The summed E-state index contributed by atoms with van der Waals surface area (Å²) in [7, 11) is 0. The number of nitrogens with one attached hydrogen (secondary N) is 2. The van der Waals surface area contributed by atoms with Gasteiger partial charge in [0.05, 0.1) is 11.2 Å². The second-order valence-electron chi connectivity index (χ2n) is 4.37. The van der Waals surface area contributed by atoms with Crippen LogP contribution in [-0.4, -0.2) is 16.8 Å². The first kappa shape index (κ1) is 12.7.